The SMILES string of the molecule is CCCCCCCCCCN(C)C.I. The molecular formula is C12H28IN. The molecule has 0 radical (unpaired) electrons. The molecule has 0 aliphatic heterocycles. The van der Waals surface area contributed by atoms with E-state index in [9.17, 15) is 0 Å². The van der Waals surface area contributed by atoms with E-state index in [-0.39, 0.29) is 24.0 Å². The van der Waals surface area contributed by atoms with Crippen LogP contribution >= 0.6 is 24.0 Å². The van der Waals surface area contributed by atoms with Crippen LogP contribution in [0.1, 0.15) is 58.3 Å². The molecule has 88 valence electrons. The van der Waals surface area contributed by atoms with E-state index < -0.39 is 0 Å². The van der Waals surface area contributed by atoms with Gasteiger partial charge < -0.3 is 4.90 Å². The molecule has 0 heterocycles. The Hall–Kier alpha value is 0.690. The molecule has 0 bridgehead atoms. The van der Waals surface area contributed by atoms with Gasteiger partial charge in [0, 0.05) is 0 Å². The Balaban J connectivity index is 0. The Morgan fingerprint density at radius 2 is 1.14 bits per heavy atom. The molecule has 0 N–H and O–H groups in total. The second-order valence-electron chi connectivity index (χ2n) is 4.28. The second kappa shape index (κ2) is 13.7. The molecular weight excluding hydrogens is 285 g/mol. The van der Waals surface area contributed by atoms with E-state index in [4.69, 9.17) is 0 Å². The maximum absolute atomic E-state index is 2.27. The van der Waals surface area contributed by atoms with Crippen molar-refractivity contribution in [3.63, 3.8) is 0 Å². The molecule has 0 aromatic heterocycles. The molecule has 0 aromatic rings. The second-order valence-corrected chi connectivity index (χ2v) is 4.28. The van der Waals surface area contributed by atoms with Crippen molar-refractivity contribution >= 4 is 24.0 Å². The highest BCUT2D eigenvalue weighted by molar-refractivity contribution is 14.0. The first-order chi connectivity index (χ1) is 6.27. The molecule has 0 atom stereocenters. The lowest BCUT2D eigenvalue weighted by Crippen LogP contribution is -2.12. The molecule has 0 saturated heterocycles. The van der Waals surface area contributed by atoms with E-state index in [1.54, 1.807) is 0 Å². The molecule has 0 aromatic carbocycles. The summed E-state index contributed by atoms with van der Waals surface area (Å²) in [5.74, 6) is 0. The van der Waals surface area contributed by atoms with Crippen LogP contribution in [0.5, 0.6) is 0 Å². The zero-order valence-electron chi connectivity index (χ0n) is 10.2. The number of nitrogens with zero attached hydrogens (tertiary/aromatic N) is 1. The van der Waals surface area contributed by atoms with Crippen LogP contribution in [-0.2, 0) is 0 Å². The van der Waals surface area contributed by atoms with Gasteiger partial charge in [0.1, 0.15) is 0 Å². The van der Waals surface area contributed by atoms with Gasteiger partial charge in [0.25, 0.3) is 0 Å². The predicted molar refractivity (Wildman–Crippen MR) is 76.6 cm³/mol. The zero-order valence-corrected chi connectivity index (χ0v) is 12.5. The molecule has 0 saturated carbocycles. The molecule has 0 rings (SSSR count). The summed E-state index contributed by atoms with van der Waals surface area (Å²) in [4.78, 5) is 2.27. The fraction of sp³-hybridized carbons (Fsp3) is 1.00. The average molecular weight is 313 g/mol. The van der Waals surface area contributed by atoms with Crippen molar-refractivity contribution in [3.05, 3.63) is 0 Å². The monoisotopic (exact) mass is 313 g/mol. The zero-order chi connectivity index (χ0) is 9.94. The van der Waals surface area contributed by atoms with Crippen LogP contribution in [0.2, 0.25) is 0 Å². The highest BCUT2D eigenvalue weighted by atomic mass is 127. The normalized spacial score (nSPS) is 10.3. The van der Waals surface area contributed by atoms with Gasteiger partial charge >= 0.3 is 0 Å². The Kier molecular flexibility index (Phi) is 16.7. The van der Waals surface area contributed by atoms with Crippen molar-refractivity contribution in [2.75, 3.05) is 20.6 Å². The lowest BCUT2D eigenvalue weighted by molar-refractivity contribution is 0.389. The summed E-state index contributed by atoms with van der Waals surface area (Å²) in [6, 6.07) is 0. The minimum Gasteiger partial charge on any atom is -0.309 e. The van der Waals surface area contributed by atoms with Crippen molar-refractivity contribution in [2.24, 2.45) is 0 Å². The first-order valence-corrected chi connectivity index (χ1v) is 5.92. The van der Waals surface area contributed by atoms with E-state index in [2.05, 4.69) is 25.9 Å². The minimum absolute atomic E-state index is 0. The number of hydrogen-bond acceptors (Lipinski definition) is 1. The Labute approximate surface area is 108 Å². The number of hydrogen-bond donors (Lipinski definition) is 0. The van der Waals surface area contributed by atoms with Crippen molar-refractivity contribution < 1.29 is 0 Å². The van der Waals surface area contributed by atoms with Crippen molar-refractivity contribution in [3.8, 4) is 0 Å². The van der Waals surface area contributed by atoms with Gasteiger partial charge in [0.05, 0.1) is 0 Å². The summed E-state index contributed by atoms with van der Waals surface area (Å²) in [6.45, 7) is 3.53. The van der Waals surface area contributed by atoms with E-state index in [0.717, 1.165) is 0 Å². The first kappa shape index (κ1) is 17.1. The average Bonchev–Trinajstić information content (AvgIpc) is 2.09. The summed E-state index contributed by atoms with van der Waals surface area (Å²) in [5, 5.41) is 0. The smallest absolute Gasteiger partial charge is 0.00248 e. The largest absolute Gasteiger partial charge is 0.309 e. The van der Waals surface area contributed by atoms with Crippen LogP contribution in [0.25, 0.3) is 0 Å². The quantitative estimate of drug-likeness (QED) is 0.453. The lowest BCUT2D eigenvalue weighted by Gasteiger charge is -2.08. The Morgan fingerprint density at radius 1 is 0.714 bits per heavy atom. The number of halogens is 1. The third-order valence-corrected chi connectivity index (χ3v) is 2.46. The predicted octanol–water partition coefficient (Wildman–Crippen LogP) is 4.31. The van der Waals surface area contributed by atoms with Crippen LogP contribution in [-0.4, -0.2) is 25.5 Å². The van der Waals surface area contributed by atoms with Crippen LogP contribution in [0.15, 0.2) is 0 Å². The molecule has 1 nitrogen and oxygen atoms in total. The molecule has 2 heteroatoms. The fourth-order valence-corrected chi connectivity index (χ4v) is 1.56. The van der Waals surface area contributed by atoms with E-state index >= 15 is 0 Å². The van der Waals surface area contributed by atoms with Gasteiger partial charge in [-0.2, -0.15) is 0 Å². The van der Waals surface area contributed by atoms with Crippen LogP contribution in [0.3, 0.4) is 0 Å². The summed E-state index contributed by atoms with van der Waals surface area (Å²) in [7, 11) is 4.31. The third kappa shape index (κ3) is 15.2. The molecule has 0 spiro atoms. The molecule has 0 aliphatic rings. The van der Waals surface area contributed by atoms with Gasteiger partial charge in [0.15, 0.2) is 0 Å². The van der Waals surface area contributed by atoms with Crippen molar-refractivity contribution in [1.82, 2.24) is 4.90 Å². The third-order valence-electron chi connectivity index (χ3n) is 2.46. The van der Waals surface area contributed by atoms with Crippen molar-refractivity contribution in [2.45, 2.75) is 58.3 Å². The van der Waals surface area contributed by atoms with E-state index in [1.807, 2.05) is 0 Å². The molecule has 14 heavy (non-hydrogen) atoms. The van der Waals surface area contributed by atoms with Gasteiger partial charge in [-0.05, 0) is 27.1 Å². The molecule has 0 fully saturated rings. The molecule has 0 unspecified atom stereocenters. The summed E-state index contributed by atoms with van der Waals surface area (Å²) < 4.78 is 0. The number of unbranched alkanes of at least 4 members (excludes halogenated alkanes) is 7. The van der Waals surface area contributed by atoms with E-state index in [0.29, 0.717) is 0 Å². The summed E-state index contributed by atoms with van der Waals surface area (Å²) in [6.07, 6.45) is 11.4. The first-order valence-electron chi connectivity index (χ1n) is 5.92. The fourth-order valence-electron chi connectivity index (χ4n) is 1.56. The van der Waals surface area contributed by atoms with Gasteiger partial charge in [0.2, 0.25) is 0 Å². The van der Waals surface area contributed by atoms with Gasteiger partial charge in [-0.3, -0.25) is 0 Å². The topological polar surface area (TPSA) is 3.24 Å². The number of rotatable bonds is 9. The van der Waals surface area contributed by atoms with Crippen LogP contribution in [0.4, 0.5) is 0 Å². The van der Waals surface area contributed by atoms with Crippen LogP contribution < -0.4 is 0 Å². The van der Waals surface area contributed by atoms with E-state index in [1.165, 1.54) is 57.9 Å². The van der Waals surface area contributed by atoms with Crippen LogP contribution in [0, 0.1) is 0 Å². The Bertz CT molecular complexity index is 94.3. The highest BCUT2D eigenvalue weighted by Gasteiger charge is 1.92. The van der Waals surface area contributed by atoms with Gasteiger partial charge in [-0.1, -0.05) is 51.9 Å². The van der Waals surface area contributed by atoms with Gasteiger partial charge in [-0.25, -0.2) is 0 Å². The van der Waals surface area contributed by atoms with Crippen molar-refractivity contribution in [1.29, 1.82) is 0 Å². The standard InChI is InChI=1S/C12H27N.HI/c1-4-5-6-7-8-9-10-11-12-13(2)3;/h4-12H2,1-3H3;1H. The minimum atomic E-state index is 0. The maximum atomic E-state index is 2.27. The highest BCUT2D eigenvalue weighted by Crippen LogP contribution is 2.08. The maximum Gasteiger partial charge on any atom is -0.00248 e. The Morgan fingerprint density at radius 3 is 1.57 bits per heavy atom. The molecule has 0 amide bonds. The summed E-state index contributed by atoms with van der Waals surface area (Å²) >= 11 is 0. The van der Waals surface area contributed by atoms with Gasteiger partial charge in [-0.15, -0.1) is 24.0 Å². The molecule has 0 aliphatic carbocycles. The summed E-state index contributed by atoms with van der Waals surface area (Å²) in [5.41, 5.74) is 0. The lowest BCUT2D eigenvalue weighted by atomic mass is 10.1.